The van der Waals surface area contributed by atoms with Crippen LogP contribution in [0.1, 0.15) is 0 Å². The fourth-order valence-corrected chi connectivity index (χ4v) is 0. The van der Waals surface area contributed by atoms with Gasteiger partial charge in [0.1, 0.15) is 0 Å². The molecule has 0 unspecified atom stereocenters. The molecular formula is CH5MoO4P. The van der Waals surface area contributed by atoms with Crippen LogP contribution in [0, 0.1) is 0 Å². The number of hydrogen-bond acceptors (Lipinski definition) is 2. The largest absolute Gasteiger partial charge is 0.469 e. The van der Waals surface area contributed by atoms with E-state index >= 15 is 0 Å². The summed E-state index contributed by atoms with van der Waals surface area (Å²) in [5.74, 6) is 0. The molecule has 0 aromatic rings. The van der Waals surface area contributed by atoms with Gasteiger partial charge in [-0.3, -0.25) is 4.52 Å². The minimum Gasteiger partial charge on any atom is -0.303 e. The predicted molar refractivity (Wildman–Crippen MR) is 19.1 cm³/mol. The molecule has 0 saturated carbocycles. The van der Waals surface area contributed by atoms with Crippen LogP contribution >= 0.6 is 7.82 Å². The Labute approximate surface area is 55.4 Å². The van der Waals surface area contributed by atoms with Crippen LogP contribution in [0.15, 0.2) is 0 Å². The van der Waals surface area contributed by atoms with Crippen molar-refractivity contribution < 1.29 is 39.9 Å². The number of hydrogen-bond donors (Lipinski definition) is 2. The number of phosphoric acid groups is 1. The molecule has 2 N–H and O–H groups in total. The van der Waals surface area contributed by atoms with E-state index in [9.17, 15) is 4.57 Å². The summed E-state index contributed by atoms with van der Waals surface area (Å²) in [6.07, 6.45) is 0. The van der Waals surface area contributed by atoms with E-state index in [1.807, 2.05) is 0 Å². The smallest absolute Gasteiger partial charge is 0.303 e. The van der Waals surface area contributed by atoms with Crippen LogP contribution in [0.3, 0.4) is 0 Å². The summed E-state index contributed by atoms with van der Waals surface area (Å²) in [6.45, 7) is 0. The van der Waals surface area contributed by atoms with Gasteiger partial charge in [0.05, 0.1) is 0 Å². The molecule has 4 nitrogen and oxygen atoms in total. The van der Waals surface area contributed by atoms with Gasteiger partial charge in [0.25, 0.3) is 0 Å². The van der Waals surface area contributed by atoms with Crippen molar-refractivity contribution in [2.75, 3.05) is 7.11 Å². The second-order valence-corrected chi connectivity index (χ2v) is 2.02. The summed E-state index contributed by atoms with van der Waals surface area (Å²) >= 11 is 0. The Hall–Kier alpha value is 0.798. The van der Waals surface area contributed by atoms with Gasteiger partial charge in [-0.25, -0.2) is 4.57 Å². The molecule has 44 valence electrons. The zero-order valence-electron chi connectivity index (χ0n) is 3.57. The Morgan fingerprint density at radius 2 is 1.71 bits per heavy atom. The molecule has 0 amide bonds. The molecule has 0 heterocycles. The van der Waals surface area contributed by atoms with Gasteiger partial charge in [0.15, 0.2) is 0 Å². The average molecular weight is 208 g/mol. The Morgan fingerprint density at radius 1 is 1.57 bits per heavy atom. The number of phosphoric ester groups is 1. The summed E-state index contributed by atoms with van der Waals surface area (Å²) in [4.78, 5) is 15.4. The molecule has 0 radical (unpaired) electrons. The van der Waals surface area contributed by atoms with Crippen LogP contribution in [0.5, 0.6) is 0 Å². The SMILES string of the molecule is COP(=O)(O)O.[Mo]. The Bertz CT molecular complexity index is 75.8. The second kappa shape index (κ2) is 3.76. The minimum absolute atomic E-state index is 0. The first-order chi connectivity index (χ1) is 2.56. The molecule has 0 atom stereocenters. The third-order valence-electron chi connectivity index (χ3n) is 0.238. The minimum atomic E-state index is -4.15. The Morgan fingerprint density at radius 3 is 1.71 bits per heavy atom. The molecule has 0 bridgehead atoms. The van der Waals surface area contributed by atoms with Gasteiger partial charge in [-0.05, 0) is 0 Å². The zero-order valence-corrected chi connectivity index (χ0v) is 6.47. The van der Waals surface area contributed by atoms with Crippen molar-refractivity contribution in [3.05, 3.63) is 0 Å². The monoisotopic (exact) mass is 210 g/mol. The van der Waals surface area contributed by atoms with Gasteiger partial charge in [-0.1, -0.05) is 0 Å². The molecule has 0 rings (SSSR count). The summed E-state index contributed by atoms with van der Waals surface area (Å²) < 4.78 is 13.1. The van der Waals surface area contributed by atoms with Crippen molar-refractivity contribution in [1.29, 1.82) is 0 Å². The first-order valence-electron chi connectivity index (χ1n) is 1.17. The summed E-state index contributed by atoms with van der Waals surface area (Å²) in [5.41, 5.74) is 0. The van der Waals surface area contributed by atoms with Gasteiger partial charge in [-0.15, -0.1) is 0 Å². The third-order valence-corrected chi connectivity index (χ3v) is 0.714. The Kier molecular flexibility index (Phi) is 5.76. The van der Waals surface area contributed by atoms with Crippen LogP contribution in [-0.2, 0) is 30.2 Å². The van der Waals surface area contributed by atoms with Gasteiger partial charge < -0.3 is 9.79 Å². The number of rotatable bonds is 1. The molecule has 7 heavy (non-hydrogen) atoms. The third kappa shape index (κ3) is 10.8. The maximum absolute atomic E-state index is 9.47. The van der Waals surface area contributed by atoms with Crippen LogP contribution in [0.25, 0.3) is 0 Å². The maximum atomic E-state index is 9.47. The van der Waals surface area contributed by atoms with E-state index in [2.05, 4.69) is 4.52 Å². The summed E-state index contributed by atoms with van der Waals surface area (Å²) in [7, 11) is -3.20. The van der Waals surface area contributed by atoms with Crippen molar-refractivity contribution in [1.82, 2.24) is 0 Å². The van der Waals surface area contributed by atoms with Crippen LogP contribution in [0.4, 0.5) is 0 Å². The summed E-state index contributed by atoms with van der Waals surface area (Å²) in [6, 6.07) is 0. The quantitative estimate of drug-likeness (QED) is 0.459. The van der Waals surface area contributed by atoms with Crippen molar-refractivity contribution >= 4 is 7.82 Å². The van der Waals surface area contributed by atoms with Gasteiger partial charge in [0, 0.05) is 28.2 Å². The normalized spacial score (nSPS) is 10.1. The van der Waals surface area contributed by atoms with E-state index in [1.54, 1.807) is 0 Å². The molecule has 0 saturated heterocycles. The topological polar surface area (TPSA) is 66.8 Å². The molecule has 0 aliphatic heterocycles. The predicted octanol–water partition coefficient (Wildman–Crippen LogP) is -0.277. The molecule has 6 heteroatoms. The maximum Gasteiger partial charge on any atom is 0.469 e. The van der Waals surface area contributed by atoms with Crippen molar-refractivity contribution in [3.8, 4) is 0 Å². The van der Waals surface area contributed by atoms with E-state index in [0.717, 1.165) is 7.11 Å². The fourth-order valence-electron chi connectivity index (χ4n) is 0. The molecule has 0 aromatic heterocycles. The standard InChI is InChI=1S/CH5O4P.Mo/c1-5-6(2,3)4;/h1H3,(H2,2,3,4);. The van der Waals surface area contributed by atoms with Gasteiger partial charge in [-0.2, -0.15) is 0 Å². The van der Waals surface area contributed by atoms with E-state index in [4.69, 9.17) is 9.79 Å². The van der Waals surface area contributed by atoms with Crippen LogP contribution in [-0.4, -0.2) is 16.9 Å². The first-order valence-corrected chi connectivity index (χ1v) is 2.70. The van der Waals surface area contributed by atoms with E-state index in [1.165, 1.54) is 0 Å². The van der Waals surface area contributed by atoms with Crippen molar-refractivity contribution in [2.24, 2.45) is 0 Å². The molecule has 0 aromatic carbocycles. The van der Waals surface area contributed by atoms with Crippen molar-refractivity contribution in [3.63, 3.8) is 0 Å². The molecular weight excluding hydrogens is 203 g/mol. The van der Waals surface area contributed by atoms with Gasteiger partial charge in [0.2, 0.25) is 0 Å². The van der Waals surface area contributed by atoms with E-state index in [0.29, 0.717) is 0 Å². The van der Waals surface area contributed by atoms with E-state index in [-0.39, 0.29) is 21.1 Å². The zero-order chi connectivity index (χ0) is 5.21. The average Bonchev–Trinajstić information content (AvgIpc) is 1.35. The van der Waals surface area contributed by atoms with Gasteiger partial charge >= 0.3 is 7.82 Å². The molecule has 0 aliphatic rings. The molecule has 0 aliphatic carbocycles. The van der Waals surface area contributed by atoms with Crippen LogP contribution in [0.2, 0.25) is 0 Å². The molecule has 0 fully saturated rings. The first kappa shape index (κ1) is 10.7. The van der Waals surface area contributed by atoms with Crippen LogP contribution < -0.4 is 0 Å². The summed E-state index contributed by atoms with van der Waals surface area (Å²) in [5, 5.41) is 0. The van der Waals surface area contributed by atoms with E-state index < -0.39 is 7.82 Å². The molecule has 0 spiro atoms. The fraction of sp³-hybridized carbons (Fsp3) is 1.00. The second-order valence-electron chi connectivity index (χ2n) is 0.673. The Balaban J connectivity index is 0. The van der Waals surface area contributed by atoms with Crippen molar-refractivity contribution in [2.45, 2.75) is 0 Å².